The van der Waals surface area contributed by atoms with Crippen molar-refractivity contribution in [2.75, 3.05) is 26.2 Å². The van der Waals surface area contributed by atoms with Crippen LogP contribution in [-0.4, -0.2) is 47.9 Å². The zero-order valence-electron chi connectivity index (χ0n) is 13.0. The van der Waals surface area contributed by atoms with E-state index in [9.17, 15) is 10.1 Å². The van der Waals surface area contributed by atoms with Crippen LogP contribution in [0.3, 0.4) is 0 Å². The number of benzene rings is 1. The van der Waals surface area contributed by atoms with Crippen molar-refractivity contribution in [1.29, 1.82) is 5.26 Å². The molecule has 0 unspecified atom stereocenters. The standard InChI is InChI=1S/C18H23N3O/c19-13-15-7-1-2-9-17(15)18(22)21-12-4-3-8-16(21)14-20-10-5-6-11-20/h1-2,7,9,16H,3-6,8,10-12,14H2/t16-/m0/s1. The minimum absolute atomic E-state index is 0.0287. The lowest BCUT2D eigenvalue weighted by atomic mass is 9.99. The van der Waals surface area contributed by atoms with E-state index >= 15 is 0 Å². The highest BCUT2D eigenvalue weighted by molar-refractivity contribution is 5.96. The first-order chi connectivity index (χ1) is 10.8. The third-order valence-corrected chi connectivity index (χ3v) is 4.83. The van der Waals surface area contributed by atoms with Gasteiger partial charge in [-0.25, -0.2) is 0 Å². The van der Waals surface area contributed by atoms with Gasteiger partial charge in [0.2, 0.25) is 0 Å². The molecule has 1 amide bonds. The third-order valence-electron chi connectivity index (χ3n) is 4.83. The second-order valence-electron chi connectivity index (χ2n) is 6.31. The van der Waals surface area contributed by atoms with E-state index in [1.54, 1.807) is 12.1 Å². The molecule has 0 bridgehead atoms. The van der Waals surface area contributed by atoms with E-state index < -0.39 is 0 Å². The first-order valence-electron chi connectivity index (χ1n) is 8.32. The van der Waals surface area contributed by atoms with Gasteiger partial charge in [0.15, 0.2) is 0 Å². The molecule has 2 saturated heterocycles. The SMILES string of the molecule is N#Cc1ccccc1C(=O)N1CCCC[C@H]1CN1CCCC1. The van der Waals surface area contributed by atoms with Crippen LogP contribution in [0.4, 0.5) is 0 Å². The van der Waals surface area contributed by atoms with E-state index in [-0.39, 0.29) is 5.91 Å². The first kappa shape index (κ1) is 15.1. The maximum atomic E-state index is 12.9. The maximum absolute atomic E-state index is 12.9. The predicted molar refractivity (Wildman–Crippen MR) is 85.5 cm³/mol. The molecule has 3 rings (SSSR count). The summed E-state index contributed by atoms with van der Waals surface area (Å²) in [5.41, 5.74) is 1.04. The van der Waals surface area contributed by atoms with E-state index in [4.69, 9.17) is 0 Å². The monoisotopic (exact) mass is 297 g/mol. The van der Waals surface area contributed by atoms with Crippen LogP contribution >= 0.6 is 0 Å². The van der Waals surface area contributed by atoms with Gasteiger partial charge in [0.25, 0.3) is 5.91 Å². The van der Waals surface area contributed by atoms with Gasteiger partial charge in [-0.15, -0.1) is 0 Å². The van der Waals surface area contributed by atoms with Crippen LogP contribution in [-0.2, 0) is 0 Å². The summed E-state index contributed by atoms with van der Waals surface area (Å²) in [6, 6.07) is 9.61. The molecule has 1 atom stereocenters. The fourth-order valence-electron chi connectivity index (χ4n) is 3.64. The normalized spacial score (nSPS) is 22.5. The van der Waals surface area contributed by atoms with Gasteiger partial charge >= 0.3 is 0 Å². The van der Waals surface area contributed by atoms with Crippen molar-refractivity contribution in [3.8, 4) is 6.07 Å². The molecule has 0 spiro atoms. The van der Waals surface area contributed by atoms with Gasteiger partial charge in [-0.05, 0) is 57.3 Å². The minimum atomic E-state index is 0.0287. The highest BCUT2D eigenvalue weighted by atomic mass is 16.2. The lowest BCUT2D eigenvalue weighted by molar-refractivity contribution is 0.0560. The second-order valence-corrected chi connectivity index (χ2v) is 6.31. The van der Waals surface area contributed by atoms with Crippen molar-refractivity contribution in [3.63, 3.8) is 0 Å². The van der Waals surface area contributed by atoms with E-state index in [0.717, 1.165) is 39.0 Å². The van der Waals surface area contributed by atoms with Crippen molar-refractivity contribution in [2.45, 2.75) is 38.1 Å². The molecule has 116 valence electrons. The Morgan fingerprint density at radius 1 is 1.14 bits per heavy atom. The smallest absolute Gasteiger partial charge is 0.255 e. The zero-order chi connectivity index (χ0) is 15.4. The Kier molecular flexibility index (Phi) is 4.74. The Balaban J connectivity index is 1.77. The molecule has 2 aliphatic rings. The van der Waals surface area contributed by atoms with E-state index in [0.29, 0.717) is 17.2 Å². The topological polar surface area (TPSA) is 47.3 Å². The van der Waals surface area contributed by atoms with Crippen molar-refractivity contribution in [1.82, 2.24) is 9.80 Å². The van der Waals surface area contributed by atoms with Crippen LogP contribution in [0.1, 0.15) is 48.0 Å². The van der Waals surface area contributed by atoms with Crippen LogP contribution in [0.5, 0.6) is 0 Å². The quantitative estimate of drug-likeness (QED) is 0.861. The molecule has 2 fully saturated rings. The number of hydrogen-bond donors (Lipinski definition) is 0. The van der Waals surface area contributed by atoms with Gasteiger partial charge in [-0.3, -0.25) is 4.79 Å². The summed E-state index contributed by atoms with van der Waals surface area (Å²) >= 11 is 0. The lowest BCUT2D eigenvalue weighted by Gasteiger charge is -2.38. The number of carbonyl (C=O) groups excluding carboxylic acids is 1. The Morgan fingerprint density at radius 2 is 1.86 bits per heavy atom. The molecule has 2 aliphatic heterocycles. The zero-order valence-corrected chi connectivity index (χ0v) is 13.0. The molecular weight excluding hydrogens is 274 g/mol. The molecule has 1 aromatic carbocycles. The molecule has 1 aromatic rings. The molecule has 0 saturated carbocycles. The molecule has 4 heteroatoms. The predicted octanol–water partition coefficient (Wildman–Crippen LogP) is 2.65. The van der Waals surface area contributed by atoms with Crippen molar-refractivity contribution < 1.29 is 4.79 Å². The number of likely N-dealkylation sites (tertiary alicyclic amines) is 2. The Bertz CT molecular complexity index is 572. The van der Waals surface area contributed by atoms with Crippen LogP contribution in [0.25, 0.3) is 0 Å². The fourth-order valence-corrected chi connectivity index (χ4v) is 3.64. The molecule has 0 N–H and O–H groups in total. The van der Waals surface area contributed by atoms with Crippen LogP contribution < -0.4 is 0 Å². The summed E-state index contributed by atoms with van der Waals surface area (Å²) in [5, 5.41) is 9.23. The van der Waals surface area contributed by atoms with Gasteiger partial charge in [0, 0.05) is 19.1 Å². The summed E-state index contributed by atoms with van der Waals surface area (Å²) in [5.74, 6) is 0.0287. The maximum Gasteiger partial charge on any atom is 0.255 e. The molecular formula is C18H23N3O. The number of hydrogen-bond acceptors (Lipinski definition) is 3. The highest BCUT2D eigenvalue weighted by Crippen LogP contribution is 2.23. The van der Waals surface area contributed by atoms with Gasteiger partial charge in [-0.2, -0.15) is 5.26 Å². The largest absolute Gasteiger partial charge is 0.334 e. The van der Waals surface area contributed by atoms with Crippen LogP contribution in [0, 0.1) is 11.3 Å². The Morgan fingerprint density at radius 3 is 2.64 bits per heavy atom. The van der Waals surface area contributed by atoms with E-state index in [2.05, 4.69) is 11.0 Å². The third kappa shape index (κ3) is 3.15. The average molecular weight is 297 g/mol. The summed E-state index contributed by atoms with van der Waals surface area (Å²) in [7, 11) is 0. The second kappa shape index (κ2) is 6.93. The number of rotatable bonds is 3. The van der Waals surface area contributed by atoms with Gasteiger partial charge in [0.1, 0.15) is 0 Å². The summed E-state index contributed by atoms with van der Waals surface area (Å²) in [6.07, 6.45) is 5.89. The van der Waals surface area contributed by atoms with Gasteiger partial charge in [0.05, 0.1) is 17.2 Å². The van der Waals surface area contributed by atoms with E-state index in [1.165, 1.54) is 19.3 Å². The summed E-state index contributed by atoms with van der Waals surface area (Å²) in [6.45, 7) is 4.12. The van der Waals surface area contributed by atoms with Gasteiger partial charge < -0.3 is 9.80 Å². The molecule has 4 nitrogen and oxygen atoms in total. The molecule has 0 aromatic heterocycles. The number of piperidine rings is 1. The van der Waals surface area contributed by atoms with E-state index in [1.807, 2.05) is 17.0 Å². The number of nitrogens with zero attached hydrogens (tertiary/aromatic N) is 3. The van der Waals surface area contributed by atoms with Gasteiger partial charge in [-0.1, -0.05) is 12.1 Å². The Hall–Kier alpha value is -1.86. The average Bonchev–Trinajstić information content (AvgIpc) is 3.08. The first-order valence-corrected chi connectivity index (χ1v) is 8.32. The highest BCUT2D eigenvalue weighted by Gasteiger charge is 2.30. The Labute approximate surface area is 132 Å². The van der Waals surface area contributed by atoms with Crippen LogP contribution in [0.15, 0.2) is 24.3 Å². The van der Waals surface area contributed by atoms with Crippen molar-refractivity contribution >= 4 is 5.91 Å². The van der Waals surface area contributed by atoms with Crippen LogP contribution in [0.2, 0.25) is 0 Å². The minimum Gasteiger partial charge on any atom is -0.334 e. The molecule has 2 heterocycles. The summed E-state index contributed by atoms with van der Waals surface area (Å²) < 4.78 is 0. The number of nitriles is 1. The lowest BCUT2D eigenvalue weighted by Crippen LogP contribution is -2.49. The van der Waals surface area contributed by atoms with Crippen molar-refractivity contribution in [3.05, 3.63) is 35.4 Å². The molecule has 0 aliphatic carbocycles. The van der Waals surface area contributed by atoms with Crippen molar-refractivity contribution in [2.24, 2.45) is 0 Å². The molecule has 0 radical (unpaired) electrons. The fraction of sp³-hybridized carbons (Fsp3) is 0.556. The number of carbonyl (C=O) groups is 1. The number of amides is 1. The summed E-state index contributed by atoms with van der Waals surface area (Å²) in [4.78, 5) is 17.4. The molecule has 22 heavy (non-hydrogen) atoms.